The van der Waals surface area contributed by atoms with Crippen molar-refractivity contribution in [1.82, 2.24) is 5.01 Å². The highest BCUT2D eigenvalue weighted by Gasteiger charge is 2.54. The summed E-state index contributed by atoms with van der Waals surface area (Å²) >= 11 is 3.40. The number of aliphatic hydroxyl groups is 1. The maximum absolute atomic E-state index is 14.1. The van der Waals surface area contributed by atoms with Crippen LogP contribution < -0.4 is 10.3 Å². The molecule has 4 aromatic rings. The van der Waals surface area contributed by atoms with Crippen LogP contribution in [0.4, 0.5) is 11.4 Å². The lowest BCUT2D eigenvalue weighted by molar-refractivity contribution is -0.123. The molecular weight excluding hydrogens is 658 g/mol. The SMILES string of the molecule is CS(=O)(=O)c1ccc(NN2C3C(=O)N(c4ccc(C(=O)c5ccccc5)cc4)C(=O)C3C=CC2[C@H](O)c2ccc(Br)cc2)cc1. The number of imide groups is 1. The Morgan fingerprint density at radius 3 is 2.07 bits per heavy atom. The molecule has 9 nitrogen and oxygen atoms in total. The Morgan fingerprint density at radius 1 is 0.822 bits per heavy atom. The van der Waals surface area contributed by atoms with E-state index in [1.54, 1.807) is 102 Å². The van der Waals surface area contributed by atoms with Crippen LogP contribution in [-0.2, 0) is 19.4 Å². The third kappa shape index (κ3) is 5.99. The highest BCUT2D eigenvalue weighted by molar-refractivity contribution is 9.10. The second kappa shape index (κ2) is 12.2. The number of carbonyl (C=O) groups is 3. The lowest BCUT2D eigenvalue weighted by Gasteiger charge is -2.40. The molecule has 1 fully saturated rings. The molecule has 228 valence electrons. The second-order valence-electron chi connectivity index (χ2n) is 10.9. The number of hydrogen-bond acceptors (Lipinski definition) is 8. The number of benzene rings is 4. The second-order valence-corrected chi connectivity index (χ2v) is 13.8. The zero-order chi connectivity index (χ0) is 31.9. The minimum absolute atomic E-state index is 0.128. The predicted octanol–water partition coefficient (Wildman–Crippen LogP) is 4.94. The average molecular weight is 687 g/mol. The average Bonchev–Trinajstić information content (AvgIpc) is 3.30. The van der Waals surface area contributed by atoms with E-state index in [-0.39, 0.29) is 10.7 Å². The molecule has 0 radical (unpaired) electrons. The first-order chi connectivity index (χ1) is 21.5. The fraction of sp³-hybridized carbons (Fsp3) is 0.147. The van der Waals surface area contributed by atoms with Crippen LogP contribution >= 0.6 is 15.9 Å². The van der Waals surface area contributed by atoms with Gasteiger partial charge in [-0.25, -0.2) is 18.3 Å². The van der Waals surface area contributed by atoms with E-state index in [1.807, 2.05) is 6.07 Å². The number of hydrazine groups is 1. The van der Waals surface area contributed by atoms with Crippen LogP contribution in [0.3, 0.4) is 0 Å². The molecule has 3 unspecified atom stereocenters. The number of halogens is 1. The van der Waals surface area contributed by atoms with Gasteiger partial charge in [0.25, 0.3) is 5.91 Å². The molecule has 45 heavy (non-hydrogen) atoms. The molecule has 1 saturated heterocycles. The van der Waals surface area contributed by atoms with Crippen LogP contribution in [0.15, 0.2) is 125 Å². The van der Waals surface area contributed by atoms with E-state index in [2.05, 4.69) is 21.4 Å². The number of amides is 2. The summed E-state index contributed by atoms with van der Waals surface area (Å²) in [4.78, 5) is 41.9. The zero-order valence-electron chi connectivity index (χ0n) is 23.9. The van der Waals surface area contributed by atoms with Crippen molar-refractivity contribution >= 4 is 54.7 Å². The third-order valence-corrected chi connectivity index (χ3v) is 9.61. The lowest BCUT2D eigenvalue weighted by atomic mass is 9.90. The summed E-state index contributed by atoms with van der Waals surface area (Å²) in [5.41, 5.74) is 5.50. The summed E-state index contributed by atoms with van der Waals surface area (Å²) in [6.07, 6.45) is 3.37. The number of rotatable bonds is 8. The van der Waals surface area contributed by atoms with Gasteiger partial charge in [-0.2, -0.15) is 0 Å². The van der Waals surface area contributed by atoms with Crippen molar-refractivity contribution in [3.05, 3.63) is 136 Å². The van der Waals surface area contributed by atoms with Crippen LogP contribution in [0.5, 0.6) is 0 Å². The van der Waals surface area contributed by atoms with Gasteiger partial charge in [-0.1, -0.05) is 70.5 Å². The monoisotopic (exact) mass is 685 g/mol. The standard InChI is InChI=1S/C34H28BrN3O6S/c1-45(43,44)27-17-13-25(14-18-27)36-38-29(32(40)23-7-11-24(35)12-8-23)20-19-28-30(38)34(42)37(33(28)41)26-15-9-22(10-16-26)31(39)21-5-3-2-4-6-21/h2-20,28-30,32,36,40H,1H3/t28?,29?,30?,32-/m1/s1. The van der Waals surface area contributed by atoms with Crippen molar-refractivity contribution in [3.63, 3.8) is 0 Å². The normalized spacial score (nSPS) is 20.6. The van der Waals surface area contributed by atoms with Crippen molar-refractivity contribution in [3.8, 4) is 0 Å². The number of hydrogen-bond donors (Lipinski definition) is 2. The van der Waals surface area contributed by atoms with Crippen molar-refractivity contribution in [2.45, 2.75) is 23.1 Å². The van der Waals surface area contributed by atoms with Crippen molar-refractivity contribution in [2.24, 2.45) is 5.92 Å². The smallest absolute Gasteiger partial charge is 0.254 e. The first-order valence-corrected chi connectivity index (χ1v) is 16.8. The molecule has 2 heterocycles. The van der Waals surface area contributed by atoms with Crippen LogP contribution in [0.2, 0.25) is 0 Å². The van der Waals surface area contributed by atoms with Crippen molar-refractivity contribution in [2.75, 3.05) is 16.6 Å². The summed E-state index contributed by atoms with van der Waals surface area (Å²) < 4.78 is 24.8. The maximum atomic E-state index is 14.1. The van der Waals surface area contributed by atoms with E-state index < -0.39 is 45.8 Å². The van der Waals surface area contributed by atoms with Gasteiger partial charge in [0, 0.05) is 27.5 Å². The first kappa shape index (κ1) is 30.6. The molecule has 0 saturated carbocycles. The predicted molar refractivity (Wildman–Crippen MR) is 173 cm³/mol. The van der Waals surface area contributed by atoms with Crippen LogP contribution in [0.25, 0.3) is 0 Å². The zero-order valence-corrected chi connectivity index (χ0v) is 26.4. The molecule has 4 atom stereocenters. The number of nitrogens with zero attached hydrogens (tertiary/aromatic N) is 2. The van der Waals surface area contributed by atoms with E-state index in [0.29, 0.717) is 28.1 Å². The molecule has 0 spiro atoms. The molecule has 0 aromatic heterocycles. The van der Waals surface area contributed by atoms with Gasteiger partial charge < -0.3 is 10.5 Å². The fourth-order valence-electron chi connectivity index (χ4n) is 5.63. The topological polar surface area (TPSA) is 124 Å². The number of nitrogens with one attached hydrogen (secondary N) is 1. The van der Waals surface area contributed by atoms with Crippen molar-refractivity contribution < 1.29 is 27.9 Å². The summed E-state index contributed by atoms with van der Waals surface area (Å²) in [5.74, 6) is -2.00. The highest BCUT2D eigenvalue weighted by atomic mass is 79.9. The maximum Gasteiger partial charge on any atom is 0.254 e. The Morgan fingerprint density at radius 2 is 1.44 bits per heavy atom. The third-order valence-electron chi connectivity index (χ3n) is 7.95. The summed E-state index contributed by atoms with van der Waals surface area (Å²) in [6.45, 7) is 0. The molecule has 4 aromatic carbocycles. The Labute approximate surface area is 268 Å². The van der Waals surface area contributed by atoms with E-state index in [0.717, 1.165) is 15.6 Å². The Kier molecular flexibility index (Phi) is 8.27. The largest absolute Gasteiger partial charge is 0.386 e. The van der Waals surface area contributed by atoms with Gasteiger partial charge in [0.05, 0.1) is 28.6 Å². The number of carbonyl (C=O) groups excluding carboxylic acids is 3. The summed E-state index contributed by atoms with van der Waals surface area (Å²) in [7, 11) is -3.43. The van der Waals surface area contributed by atoms with Gasteiger partial charge in [0.1, 0.15) is 6.04 Å². The van der Waals surface area contributed by atoms with Crippen LogP contribution in [-0.4, -0.2) is 54.5 Å². The number of anilines is 2. The fourth-order valence-corrected chi connectivity index (χ4v) is 6.52. The summed E-state index contributed by atoms with van der Waals surface area (Å²) in [6, 6.07) is 26.5. The molecule has 2 aliphatic rings. The minimum atomic E-state index is -3.43. The molecule has 2 N–H and O–H groups in total. The molecule has 2 amide bonds. The lowest BCUT2D eigenvalue weighted by Crippen LogP contribution is -2.55. The number of fused-ring (bicyclic) bond motifs is 1. The Balaban J connectivity index is 1.33. The minimum Gasteiger partial charge on any atom is -0.386 e. The number of ketones is 1. The molecule has 11 heteroatoms. The molecule has 2 aliphatic heterocycles. The van der Waals surface area contributed by atoms with Crippen LogP contribution in [0.1, 0.15) is 27.6 Å². The van der Waals surface area contributed by atoms with Gasteiger partial charge in [0.2, 0.25) is 5.91 Å². The van der Waals surface area contributed by atoms with Gasteiger partial charge in [-0.3, -0.25) is 14.4 Å². The number of sulfone groups is 1. The Bertz CT molecular complexity index is 1900. The van der Waals surface area contributed by atoms with Gasteiger partial charge in [0.15, 0.2) is 15.6 Å². The molecule has 0 bridgehead atoms. The van der Waals surface area contributed by atoms with Gasteiger partial charge in [-0.15, -0.1) is 0 Å². The summed E-state index contributed by atoms with van der Waals surface area (Å²) in [5, 5.41) is 13.1. The van der Waals surface area contributed by atoms with E-state index in [9.17, 15) is 27.9 Å². The highest BCUT2D eigenvalue weighted by Crippen LogP contribution is 2.38. The number of aliphatic hydroxyl groups excluding tert-OH is 1. The van der Waals surface area contributed by atoms with Crippen LogP contribution in [0, 0.1) is 5.92 Å². The first-order valence-electron chi connectivity index (χ1n) is 14.1. The van der Waals surface area contributed by atoms with E-state index >= 15 is 0 Å². The van der Waals surface area contributed by atoms with Gasteiger partial charge in [-0.05, 0) is 66.2 Å². The van der Waals surface area contributed by atoms with E-state index in [1.165, 1.54) is 12.1 Å². The van der Waals surface area contributed by atoms with Crippen molar-refractivity contribution in [1.29, 1.82) is 0 Å². The molecule has 0 aliphatic carbocycles. The van der Waals surface area contributed by atoms with Gasteiger partial charge >= 0.3 is 0 Å². The van der Waals surface area contributed by atoms with E-state index in [4.69, 9.17) is 0 Å². The molecule has 6 rings (SSSR count). The quantitative estimate of drug-likeness (QED) is 0.152. The molecular formula is C34H28BrN3O6S. The Hall–Kier alpha value is -4.42.